The summed E-state index contributed by atoms with van der Waals surface area (Å²) in [4.78, 5) is 38.3. The number of rotatable bonds is 60. The van der Waals surface area contributed by atoms with E-state index < -0.39 is 12.1 Å². The molecule has 0 rings (SSSR count). The molecular weight excluding hydrogens is 985 g/mol. The van der Waals surface area contributed by atoms with Crippen LogP contribution in [0.1, 0.15) is 310 Å². The first-order valence-electron chi connectivity index (χ1n) is 33.5. The van der Waals surface area contributed by atoms with Crippen molar-refractivity contribution in [2.24, 2.45) is 0 Å². The molecule has 0 aliphatic rings. The van der Waals surface area contributed by atoms with Crippen LogP contribution < -0.4 is 0 Å². The maximum absolute atomic E-state index is 12.9. The Hall–Kier alpha value is -4.19. The molecule has 0 heterocycles. The Kier molecular flexibility index (Phi) is 63.8. The Morgan fingerprint density at radius 3 is 0.887 bits per heavy atom. The van der Waals surface area contributed by atoms with Crippen LogP contribution in [0.4, 0.5) is 0 Å². The maximum Gasteiger partial charge on any atom is 0.309 e. The predicted octanol–water partition coefficient (Wildman–Crippen LogP) is 23.2. The Balaban J connectivity index is 4.33. The summed E-state index contributed by atoms with van der Waals surface area (Å²) < 4.78 is 16.8. The molecule has 1 atom stereocenters. The third-order valence-corrected chi connectivity index (χ3v) is 14.2. The van der Waals surface area contributed by atoms with Crippen LogP contribution in [0.3, 0.4) is 0 Å². The van der Waals surface area contributed by atoms with Gasteiger partial charge in [0, 0.05) is 12.8 Å². The molecule has 0 aromatic rings. The van der Waals surface area contributed by atoms with Crippen LogP contribution in [0.5, 0.6) is 0 Å². The van der Waals surface area contributed by atoms with Crippen molar-refractivity contribution in [1.82, 2.24) is 0 Å². The first kappa shape index (κ1) is 75.8. The number of hydrogen-bond donors (Lipinski definition) is 0. The molecule has 80 heavy (non-hydrogen) atoms. The minimum Gasteiger partial charge on any atom is -0.462 e. The lowest BCUT2D eigenvalue weighted by Gasteiger charge is -2.18. The fourth-order valence-electron chi connectivity index (χ4n) is 9.27. The molecule has 0 aliphatic heterocycles. The van der Waals surface area contributed by atoms with E-state index in [1.165, 1.54) is 173 Å². The second-order valence-electron chi connectivity index (χ2n) is 22.0. The van der Waals surface area contributed by atoms with Crippen LogP contribution in [0.15, 0.2) is 122 Å². The van der Waals surface area contributed by atoms with Gasteiger partial charge in [-0.3, -0.25) is 14.4 Å². The number of carbonyl (C=O) groups is 3. The zero-order chi connectivity index (χ0) is 57.8. The van der Waals surface area contributed by atoms with Gasteiger partial charge in [0.1, 0.15) is 13.2 Å². The molecule has 1 unspecified atom stereocenters. The van der Waals surface area contributed by atoms with Gasteiger partial charge in [-0.1, -0.05) is 303 Å². The van der Waals surface area contributed by atoms with Crippen molar-refractivity contribution in [3.63, 3.8) is 0 Å². The van der Waals surface area contributed by atoms with Gasteiger partial charge in [0.2, 0.25) is 0 Å². The van der Waals surface area contributed by atoms with Gasteiger partial charge in [0.15, 0.2) is 6.10 Å². The van der Waals surface area contributed by atoms with E-state index in [2.05, 4.69) is 130 Å². The molecule has 0 spiro atoms. The molecule has 0 aromatic heterocycles. The predicted molar refractivity (Wildman–Crippen MR) is 348 cm³/mol. The quantitative estimate of drug-likeness (QED) is 0.0261. The van der Waals surface area contributed by atoms with Gasteiger partial charge in [-0.15, -0.1) is 0 Å². The van der Waals surface area contributed by atoms with Crippen molar-refractivity contribution in [1.29, 1.82) is 0 Å². The van der Waals surface area contributed by atoms with E-state index in [1.54, 1.807) is 6.08 Å². The number of allylic oxidation sites excluding steroid dienone is 19. The van der Waals surface area contributed by atoms with Crippen LogP contribution in [0.2, 0.25) is 0 Å². The van der Waals surface area contributed by atoms with Crippen molar-refractivity contribution in [2.75, 3.05) is 13.2 Å². The van der Waals surface area contributed by atoms with Crippen molar-refractivity contribution in [3.8, 4) is 0 Å². The molecule has 0 aliphatic carbocycles. The molecule has 6 heteroatoms. The topological polar surface area (TPSA) is 78.9 Å². The number of esters is 3. The molecule has 0 fully saturated rings. The lowest BCUT2D eigenvalue weighted by molar-refractivity contribution is -0.166. The maximum atomic E-state index is 12.9. The smallest absolute Gasteiger partial charge is 0.309 e. The molecule has 0 saturated carbocycles. The third-order valence-electron chi connectivity index (χ3n) is 14.2. The summed E-state index contributed by atoms with van der Waals surface area (Å²) in [7, 11) is 0. The molecule has 6 nitrogen and oxygen atoms in total. The van der Waals surface area contributed by atoms with Gasteiger partial charge in [0.05, 0.1) is 6.42 Å². The standard InChI is InChI=1S/C74H124O6/c1-4-7-10-13-16-19-22-25-28-30-32-33-34-35-36-37-38-39-40-41-42-44-46-49-52-55-58-61-64-67-73(76)79-70-71(69-78-72(75)66-63-60-57-54-51-48-45-27-24-21-18-15-12-9-6-3)80-74(77)68-65-62-59-56-53-50-47-43-31-29-26-23-20-17-14-11-8-5-2/h7,9-10,12,16,18-19,21,25,27-29,31-33,45,51,54,60,63,71H,4-6,8,11,13-15,17,20,22-24,26,30,34-44,46-50,52-53,55-59,61-62,64-70H2,1-3H3/b10-7-,12-9-,19-16-,21-18-,28-25-,31-29-,33-32-,45-27-,54-51-,63-60-. The largest absolute Gasteiger partial charge is 0.462 e. The highest BCUT2D eigenvalue weighted by Crippen LogP contribution is 2.17. The highest BCUT2D eigenvalue weighted by atomic mass is 16.6. The third kappa shape index (κ3) is 64.6. The van der Waals surface area contributed by atoms with Gasteiger partial charge >= 0.3 is 17.9 Å². The highest BCUT2D eigenvalue weighted by molar-refractivity contribution is 5.72. The van der Waals surface area contributed by atoms with E-state index in [-0.39, 0.29) is 31.6 Å². The van der Waals surface area contributed by atoms with Crippen LogP contribution in [0, 0.1) is 0 Å². The van der Waals surface area contributed by atoms with Crippen molar-refractivity contribution in [2.45, 2.75) is 316 Å². The molecule has 456 valence electrons. The van der Waals surface area contributed by atoms with E-state index in [4.69, 9.17) is 14.2 Å². The molecule has 0 amide bonds. The second-order valence-corrected chi connectivity index (χ2v) is 22.0. The monoisotopic (exact) mass is 1110 g/mol. The highest BCUT2D eigenvalue weighted by Gasteiger charge is 2.19. The van der Waals surface area contributed by atoms with Crippen LogP contribution in [-0.2, 0) is 28.6 Å². The van der Waals surface area contributed by atoms with Crippen molar-refractivity contribution in [3.05, 3.63) is 122 Å². The summed E-state index contributed by atoms with van der Waals surface area (Å²) >= 11 is 0. The van der Waals surface area contributed by atoms with Gasteiger partial charge in [0.25, 0.3) is 0 Å². The van der Waals surface area contributed by atoms with Crippen molar-refractivity contribution >= 4 is 17.9 Å². The summed E-state index contributed by atoms with van der Waals surface area (Å²) in [6.07, 6.45) is 93.9. The van der Waals surface area contributed by atoms with Gasteiger partial charge < -0.3 is 14.2 Å². The van der Waals surface area contributed by atoms with Crippen molar-refractivity contribution < 1.29 is 28.6 Å². The fraction of sp³-hybridized carbons (Fsp3) is 0.689. The second kappa shape index (κ2) is 67.3. The summed E-state index contributed by atoms with van der Waals surface area (Å²) in [6.45, 7) is 6.35. The number of carbonyl (C=O) groups excluding carboxylic acids is 3. The van der Waals surface area contributed by atoms with E-state index in [0.717, 1.165) is 96.3 Å². The summed E-state index contributed by atoms with van der Waals surface area (Å²) in [5.74, 6) is -1.04. The average molecular weight is 1110 g/mol. The average Bonchev–Trinajstić information content (AvgIpc) is 3.46. The minimum atomic E-state index is -0.823. The Bertz CT molecular complexity index is 1650. The summed E-state index contributed by atoms with van der Waals surface area (Å²) in [6, 6.07) is 0. The molecule has 0 N–H and O–H groups in total. The van der Waals surface area contributed by atoms with E-state index in [0.29, 0.717) is 12.8 Å². The molecule has 0 radical (unpaired) electrons. The molecular formula is C74H124O6. The molecule has 0 bridgehead atoms. The van der Waals surface area contributed by atoms with E-state index in [1.807, 2.05) is 6.08 Å². The number of hydrogen-bond acceptors (Lipinski definition) is 6. The lowest BCUT2D eigenvalue weighted by atomic mass is 10.0. The normalized spacial score (nSPS) is 12.9. The van der Waals surface area contributed by atoms with Crippen LogP contribution >= 0.6 is 0 Å². The van der Waals surface area contributed by atoms with Gasteiger partial charge in [-0.2, -0.15) is 0 Å². The van der Waals surface area contributed by atoms with Gasteiger partial charge in [-0.05, 0) is 109 Å². The first-order chi connectivity index (χ1) is 39.5. The summed E-state index contributed by atoms with van der Waals surface area (Å²) in [5, 5.41) is 0. The Morgan fingerprint density at radius 2 is 0.537 bits per heavy atom. The minimum absolute atomic E-state index is 0.110. The lowest BCUT2D eigenvalue weighted by Crippen LogP contribution is -2.30. The summed E-state index contributed by atoms with van der Waals surface area (Å²) in [5.41, 5.74) is 0. The zero-order valence-corrected chi connectivity index (χ0v) is 52.3. The van der Waals surface area contributed by atoms with E-state index >= 15 is 0 Å². The molecule has 0 aromatic carbocycles. The number of ether oxygens (including phenoxy) is 3. The Morgan fingerprint density at radius 1 is 0.275 bits per heavy atom. The number of unbranched alkanes of at least 4 members (excludes halogenated alkanes) is 30. The van der Waals surface area contributed by atoms with Crippen LogP contribution in [0.25, 0.3) is 0 Å². The van der Waals surface area contributed by atoms with Crippen LogP contribution in [-0.4, -0.2) is 37.2 Å². The molecule has 0 saturated heterocycles. The SMILES string of the molecule is CC/C=C\C/C=C\C/C=C\C/C=C\C/C=C\CC(=O)OCC(COC(=O)CCCCCCCCCCCCCCCCCC/C=C\C/C=C\C/C=C\C/C=C\CC)OC(=O)CCCCCCCCC/C=C\CCCCCCCCC. The zero-order valence-electron chi connectivity index (χ0n) is 52.3. The first-order valence-corrected chi connectivity index (χ1v) is 33.5. The Labute approximate surface area is 494 Å². The van der Waals surface area contributed by atoms with Gasteiger partial charge in [-0.25, -0.2) is 0 Å². The van der Waals surface area contributed by atoms with E-state index in [9.17, 15) is 14.4 Å². The fourth-order valence-corrected chi connectivity index (χ4v) is 9.27.